The second kappa shape index (κ2) is 10.3. The number of rotatable bonds is 6. The molecule has 1 aliphatic heterocycles. The fraction of sp³-hybridized carbons (Fsp3) is 0.560. The summed E-state index contributed by atoms with van der Waals surface area (Å²) in [5.74, 6) is 1.56. The summed E-state index contributed by atoms with van der Waals surface area (Å²) in [4.78, 5) is 23.2. The Morgan fingerprint density at radius 1 is 1.27 bits per heavy atom. The summed E-state index contributed by atoms with van der Waals surface area (Å²) in [6.07, 6.45) is 4.68. The second-order valence-electron chi connectivity index (χ2n) is 10.9. The number of fused-ring (bicyclic) bond motifs is 1. The molecule has 1 aliphatic rings. The van der Waals surface area contributed by atoms with Crippen LogP contribution in [0.3, 0.4) is 0 Å². The third-order valence-electron chi connectivity index (χ3n) is 6.19. The van der Waals surface area contributed by atoms with E-state index in [1.165, 1.54) is 0 Å². The largest absolute Gasteiger partial charge is 0.444 e. The monoisotopic (exact) mass is 530 g/mol. The minimum Gasteiger partial charge on any atom is -0.444 e. The van der Waals surface area contributed by atoms with Gasteiger partial charge in [0.2, 0.25) is 5.95 Å². The summed E-state index contributed by atoms with van der Waals surface area (Å²) in [6.45, 7) is 12.2. The lowest BCUT2D eigenvalue weighted by Crippen LogP contribution is -2.49. The Kier molecular flexibility index (Phi) is 7.48. The van der Waals surface area contributed by atoms with Crippen LogP contribution >= 0.6 is 11.6 Å². The summed E-state index contributed by atoms with van der Waals surface area (Å²) in [6, 6.07) is 3.72. The van der Waals surface area contributed by atoms with E-state index in [2.05, 4.69) is 37.7 Å². The average molecular weight is 531 g/mol. The highest BCUT2D eigenvalue weighted by molar-refractivity contribution is 6.32. The molecule has 200 valence electrons. The number of hydrogen-bond donors (Lipinski definition) is 3. The molecule has 2 atom stereocenters. The van der Waals surface area contributed by atoms with Crippen LogP contribution in [0, 0.1) is 5.92 Å². The number of nitrogens with one attached hydrogen (secondary N) is 2. The van der Waals surface area contributed by atoms with Crippen molar-refractivity contribution < 1.29 is 14.6 Å². The Morgan fingerprint density at radius 2 is 2.03 bits per heavy atom. The summed E-state index contributed by atoms with van der Waals surface area (Å²) < 4.78 is 7.29. The number of nitrogens with zero attached hydrogens (tertiary/aromatic N) is 6. The number of pyridine rings is 1. The Balaban J connectivity index is 1.46. The zero-order valence-electron chi connectivity index (χ0n) is 22.1. The number of ether oxygens (including phenoxy) is 1. The summed E-state index contributed by atoms with van der Waals surface area (Å²) >= 11 is 6.44. The second-order valence-corrected chi connectivity index (χ2v) is 11.3. The van der Waals surface area contributed by atoms with Crippen LogP contribution in [-0.2, 0) is 10.3 Å². The first-order chi connectivity index (χ1) is 17.3. The maximum atomic E-state index is 12.6. The highest BCUT2D eigenvalue weighted by atomic mass is 35.5. The lowest BCUT2D eigenvalue weighted by atomic mass is 9.90. The number of likely N-dealkylation sites (tertiary alicyclic amines) is 1. The Labute approximate surface area is 221 Å². The van der Waals surface area contributed by atoms with Crippen molar-refractivity contribution in [1.82, 2.24) is 29.5 Å². The van der Waals surface area contributed by atoms with E-state index in [1.54, 1.807) is 41.6 Å². The predicted molar refractivity (Wildman–Crippen MR) is 142 cm³/mol. The molecule has 1 fully saturated rings. The third kappa shape index (κ3) is 6.40. The predicted octanol–water partition coefficient (Wildman–Crippen LogP) is 4.59. The summed E-state index contributed by atoms with van der Waals surface area (Å²) in [7, 11) is 0. The SMILES string of the molecule is CCC1CN(C(=O)OC(C)(C)C)CCC1Nc1nc(Nc2ccn3c(C(C)(C)O)nnc3c2)ncc1Cl. The molecular formula is C25H35ClN8O3. The van der Waals surface area contributed by atoms with Gasteiger partial charge in [-0.1, -0.05) is 18.5 Å². The van der Waals surface area contributed by atoms with Crippen LogP contribution < -0.4 is 10.6 Å². The number of carbonyl (C=O) groups is 1. The number of carbonyl (C=O) groups excluding carboxylic acids is 1. The van der Waals surface area contributed by atoms with Gasteiger partial charge >= 0.3 is 6.09 Å². The maximum absolute atomic E-state index is 12.6. The third-order valence-corrected chi connectivity index (χ3v) is 6.47. The van der Waals surface area contributed by atoms with E-state index < -0.39 is 11.2 Å². The van der Waals surface area contributed by atoms with Gasteiger partial charge < -0.3 is 25.4 Å². The molecule has 3 N–H and O–H groups in total. The topological polar surface area (TPSA) is 130 Å². The number of aromatic nitrogens is 5. The molecule has 11 nitrogen and oxygen atoms in total. The van der Waals surface area contributed by atoms with Crippen molar-refractivity contribution in [1.29, 1.82) is 0 Å². The number of hydrogen-bond acceptors (Lipinski definition) is 9. The molecule has 3 aromatic heterocycles. The minimum absolute atomic E-state index is 0.0940. The standard InChI is InChI=1S/C25H35ClN8O3/c1-7-15-14-33(23(35)37-24(2,3)4)10-9-18(15)29-20-17(26)13-27-22(30-20)28-16-8-11-34-19(12-16)31-32-21(34)25(5,6)36/h8,11-13,15,18,36H,7,9-10,14H2,1-6H3,(H2,27,28,29,30). The van der Waals surface area contributed by atoms with Gasteiger partial charge in [0.1, 0.15) is 16.2 Å². The Hall–Kier alpha value is -3.18. The van der Waals surface area contributed by atoms with Crippen LogP contribution in [0.2, 0.25) is 5.02 Å². The first-order valence-electron chi connectivity index (χ1n) is 12.5. The number of anilines is 3. The van der Waals surface area contributed by atoms with Gasteiger partial charge in [0, 0.05) is 37.1 Å². The van der Waals surface area contributed by atoms with Crippen molar-refractivity contribution in [3.8, 4) is 0 Å². The van der Waals surface area contributed by atoms with E-state index in [4.69, 9.17) is 16.3 Å². The number of piperidine rings is 1. The van der Waals surface area contributed by atoms with Gasteiger partial charge in [-0.15, -0.1) is 10.2 Å². The van der Waals surface area contributed by atoms with Crippen molar-refractivity contribution in [2.75, 3.05) is 23.7 Å². The van der Waals surface area contributed by atoms with Gasteiger partial charge in [-0.25, -0.2) is 9.78 Å². The molecule has 0 spiro atoms. The van der Waals surface area contributed by atoms with Crippen LogP contribution in [-0.4, -0.2) is 65.4 Å². The molecule has 3 aromatic rings. The highest BCUT2D eigenvalue weighted by Crippen LogP contribution is 2.29. The number of amides is 1. The molecule has 0 bridgehead atoms. The van der Waals surface area contributed by atoms with Crippen molar-refractivity contribution in [3.05, 3.63) is 35.4 Å². The van der Waals surface area contributed by atoms with Gasteiger partial charge in [-0.05, 0) is 59.4 Å². The fourth-order valence-corrected chi connectivity index (χ4v) is 4.49. The van der Waals surface area contributed by atoms with E-state index >= 15 is 0 Å². The highest BCUT2D eigenvalue weighted by Gasteiger charge is 2.33. The number of halogens is 1. The van der Waals surface area contributed by atoms with Crippen LogP contribution in [0.15, 0.2) is 24.5 Å². The molecule has 4 heterocycles. The first kappa shape index (κ1) is 26.9. The van der Waals surface area contributed by atoms with Crippen molar-refractivity contribution in [2.45, 2.75) is 71.6 Å². The molecule has 1 saturated heterocycles. The zero-order chi connectivity index (χ0) is 27.0. The maximum Gasteiger partial charge on any atom is 0.410 e. The quantitative estimate of drug-likeness (QED) is 0.418. The molecule has 0 saturated carbocycles. The molecule has 12 heteroatoms. The van der Waals surface area contributed by atoms with Crippen molar-refractivity contribution in [2.24, 2.45) is 5.92 Å². The van der Waals surface area contributed by atoms with E-state index in [0.29, 0.717) is 47.0 Å². The molecule has 2 unspecified atom stereocenters. The molecule has 4 rings (SSSR count). The van der Waals surface area contributed by atoms with Crippen molar-refractivity contribution in [3.63, 3.8) is 0 Å². The first-order valence-corrected chi connectivity index (χ1v) is 12.8. The van der Waals surface area contributed by atoms with E-state index in [-0.39, 0.29) is 18.1 Å². The van der Waals surface area contributed by atoms with E-state index in [0.717, 1.165) is 12.8 Å². The molecule has 0 radical (unpaired) electrons. The average Bonchev–Trinajstić information content (AvgIpc) is 3.24. The Bertz CT molecular complexity index is 1270. The smallest absolute Gasteiger partial charge is 0.410 e. The van der Waals surface area contributed by atoms with E-state index in [1.807, 2.05) is 26.8 Å². The lowest BCUT2D eigenvalue weighted by Gasteiger charge is -2.39. The van der Waals surface area contributed by atoms with Crippen LogP contribution in [0.1, 0.15) is 60.2 Å². The lowest BCUT2D eigenvalue weighted by molar-refractivity contribution is 0.0153. The summed E-state index contributed by atoms with van der Waals surface area (Å²) in [5, 5.41) is 25.6. The Morgan fingerprint density at radius 3 is 2.70 bits per heavy atom. The van der Waals surface area contributed by atoms with E-state index in [9.17, 15) is 9.90 Å². The van der Waals surface area contributed by atoms with Gasteiger partial charge in [0.25, 0.3) is 0 Å². The summed E-state index contributed by atoms with van der Waals surface area (Å²) in [5.41, 5.74) is -0.347. The molecule has 1 amide bonds. The van der Waals surface area contributed by atoms with Gasteiger partial charge in [-0.3, -0.25) is 4.40 Å². The van der Waals surface area contributed by atoms with Crippen molar-refractivity contribution >= 4 is 40.8 Å². The normalized spacial score (nSPS) is 18.6. The molecule has 0 aliphatic carbocycles. The molecular weight excluding hydrogens is 496 g/mol. The molecule has 37 heavy (non-hydrogen) atoms. The van der Waals surface area contributed by atoms with Gasteiger partial charge in [-0.2, -0.15) is 4.98 Å². The van der Waals surface area contributed by atoms with Crippen LogP contribution in [0.4, 0.5) is 22.2 Å². The van der Waals surface area contributed by atoms with Gasteiger partial charge in [0.05, 0.1) is 6.20 Å². The zero-order valence-corrected chi connectivity index (χ0v) is 22.9. The van der Waals surface area contributed by atoms with Crippen LogP contribution in [0.5, 0.6) is 0 Å². The molecule has 0 aromatic carbocycles. The fourth-order valence-electron chi connectivity index (χ4n) is 4.35. The number of aliphatic hydroxyl groups is 1. The van der Waals surface area contributed by atoms with Crippen LogP contribution in [0.25, 0.3) is 5.65 Å². The minimum atomic E-state index is -1.12. The van der Waals surface area contributed by atoms with Gasteiger partial charge in [0.15, 0.2) is 17.3 Å².